The molecular formula is C9H9FN2O3. The van der Waals surface area contributed by atoms with E-state index in [1.165, 1.54) is 6.07 Å². The predicted molar refractivity (Wildman–Crippen MR) is 51.0 cm³/mol. The molecular weight excluding hydrogens is 203 g/mol. The standard InChI is InChI=1S/C9H9FN2O3/c10-5-1-2-7(12-8(13)4-11)6(3-5)9(14)15/h1-3H,4,11H2,(H,12,13)(H,14,15). The third kappa shape index (κ3) is 2.75. The summed E-state index contributed by atoms with van der Waals surface area (Å²) in [5, 5.41) is 11.0. The molecule has 0 heterocycles. The quantitative estimate of drug-likeness (QED) is 0.677. The van der Waals surface area contributed by atoms with Crippen molar-refractivity contribution in [2.75, 3.05) is 11.9 Å². The summed E-state index contributed by atoms with van der Waals surface area (Å²) in [6, 6.07) is 3.05. The van der Waals surface area contributed by atoms with Crippen LogP contribution in [0.15, 0.2) is 18.2 Å². The van der Waals surface area contributed by atoms with Crippen molar-refractivity contribution in [3.05, 3.63) is 29.6 Å². The van der Waals surface area contributed by atoms with Gasteiger partial charge in [0.05, 0.1) is 17.8 Å². The van der Waals surface area contributed by atoms with Crippen molar-refractivity contribution in [2.24, 2.45) is 5.73 Å². The van der Waals surface area contributed by atoms with Gasteiger partial charge in [0.1, 0.15) is 5.82 Å². The molecule has 5 nitrogen and oxygen atoms in total. The van der Waals surface area contributed by atoms with Crippen LogP contribution in [0.25, 0.3) is 0 Å². The van der Waals surface area contributed by atoms with E-state index in [-0.39, 0.29) is 17.8 Å². The molecule has 0 atom stereocenters. The minimum absolute atomic E-state index is 0.0272. The van der Waals surface area contributed by atoms with E-state index in [1.807, 2.05) is 0 Å². The van der Waals surface area contributed by atoms with Crippen LogP contribution in [-0.2, 0) is 4.79 Å². The third-order valence-corrected chi connectivity index (χ3v) is 1.67. The van der Waals surface area contributed by atoms with Gasteiger partial charge < -0.3 is 16.2 Å². The number of carboxylic acids is 1. The van der Waals surface area contributed by atoms with E-state index in [2.05, 4.69) is 5.32 Å². The second kappa shape index (κ2) is 4.52. The maximum Gasteiger partial charge on any atom is 0.337 e. The number of aromatic carboxylic acids is 1. The van der Waals surface area contributed by atoms with Crippen LogP contribution in [-0.4, -0.2) is 23.5 Å². The lowest BCUT2D eigenvalue weighted by Crippen LogP contribution is -2.23. The molecule has 0 bridgehead atoms. The number of nitrogens with one attached hydrogen (secondary N) is 1. The molecule has 0 unspecified atom stereocenters. The van der Waals surface area contributed by atoms with Gasteiger partial charge in [-0.2, -0.15) is 0 Å². The lowest BCUT2D eigenvalue weighted by Gasteiger charge is -2.06. The van der Waals surface area contributed by atoms with Crippen LogP contribution >= 0.6 is 0 Å². The van der Waals surface area contributed by atoms with E-state index >= 15 is 0 Å². The van der Waals surface area contributed by atoms with E-state index in [0.717, 1.165) is 12.1 Å². The minimum atomic E-state index is -1.32. The molecule has 0 saturated heterocycles. The lowest BCUT2D eigenvalue weighted by molar-refractivity contribution is -0.114. The van der Waals surface area contributed by atoms with Gasteiger partial charge in [0.15, 0.2) is 0 Å². The first-order valence-corrected chi connectivity index (χ1v) is 4.07. The van der Waals surface area contributed by atoms with Crippen LogP contribution in [0.1, 0.15) is 10.4 Å². The van der Waals surface area contributed by atoms with E-state index in [1.54, 1.807) is 0 Å². The Morgan fingerprint density at radius 1 is 1.47 bits per heavy atom. The number of rotatable bonds is 3. The maximum absolute atomic E-state index is 12.7. The Kier molecular flexibility index (Phi) is 3.35. The Labute approximate surface area is 84.7 Å². The lowest BCUT2D eigenvalue weighted by atomic mass is 10.1. The van der Waals surface area contributed by atoms with Crippen molar-refractivity contribution in [3.8, 4) is 0 Å². The van der Waals surface area contributed by atoms with Gasteiger partial charge in [-0.25, -0.2) is 9.18 Å². The van der Waals surface area contributed by atoms with Gasteiger partial charge in [-0.3, -0.25) is 4.79 Å². The van der Waals surface area contributed by atoms with Crippen LogP contribution in [0.3, 0.4) is 0 Å². The molecule has 0 aliphatic carbocycles. The smallest absolute Gasteiger partial charge is 0.337 e. The summed E-state index contributed by atoms with van der Waals surface area (Å²) < 4.78 is 12.7. The largest absolute Gasteiger partial charge is 0.478 e. The van der Waals surface area contributed by atoms with Crippen LogP contribution in [0, 0.1) is 5.82 Å². The van der Waals surface area contributed by atoms with Gasteiger partial charge in [-0.05, 0) is 18.2 Å². The van der Waals surface area contributed by atoms with Crippen molar-refractivity contribution < 1.29 is 19.1 Å². The topological polar surface area (TPSA) is 92.4 Å². The van der Waals surface area contributed by atoms with E-state index < -0.39 is 17.7 Å². The molecule has 1 aromatic carbocycles. The van der Waals surface area contributed by atoms with E-state index in [0.29, 0.717) is 0 Å². The number of carbonyl (C=O) groups excluding carboxylic acids is 1. The highest BCUT2D eigenvalue weighted by atomic mass is 19.1. The van der Waals surface area contributed by atoms with Crippen LogP contribution in [0.4, 0.5) is 10.1 Å². The zero-order valence-electron chi connectivity index (χ0n) is 7.66. The zero-order valence-corrected chi connectivity index (χ0v) is 7.66. The van der Waals surface area contributed by atoms with Crippen LogP contribution < -0.4 is 11.1 Å². The van der Waals surface area contributed by atoms with Crippen molar-refractivity contribution in [1.29, 1.82) is 0 Å². The van der Waals surface area contributed by atoms with Crippen molar-refractivity contribution in [2.45, 2.75) is 0 Å². The molecule has 0 radical (unpaired) electrons. The van der Waals surface area contributed by atoms with E-state index in [4.69, 9.17) is 10.8 Å². The fourth-order valence-electron chi connectivity index (χ4n) is 1.00. The number of carboxylic acid groups (broad SMARTS) is 1. The summed E-state index contributed by atoms with van der Waals surface area (Å²) in [5.74, 6) is -2.54. The van der Waals surface area contributed by atoms with Crippen molar-refractivity contribution in [1.82, 2.24) is 0 Å². The average molecular weight is 212 g/mol. The molecule has 0 saturated carbocycles. The first-order valence-electron chi connectivity index (χ1n) is 4.07. The number of benzene rings is 1. The summed E-state index contributed by atoms with van der Waals surface area (Å²) in [6.07, 6.45) is 0. The zero-order chi connectivity index (χ0) is 11.4. The Morgan fingerprint density at radius 2 is 2.13 bits per heavy atom. The second-order valence-electron chi connectivity index (χ2n) is 2.75. The highest BCUT2D eigenvalue weighted by Gasteiger charge is 2.12. The highest BCUT2D eigenvalue weighted by Crippen LogP contribution is 2.16. The number of hydrogen-bond acceptors (Lipinski definition) is 3. The molecule has 1 aromatic rings. The molecule has 0 aliphatic heterocycles. The summed E-state index contributed by atoms with van der Waals surface area (Å²) in [6.45, 7) is -0.267. The molecule has 15 heavy (non-hydrogen) atoms. The van der Waals surface area contributed by atoms with Gasteiger partial charge in [0.2, 0.25) is 5.91 Å². The third-order valence-electron chi connectivity index (χ3n) is 1.67. The number of hydrogen-bond donors (Lipinski definition) is 3. The van der Waals surface area contributed by atoms with E-state index in [9.17, 15) is 14.0 Å². The number of amides is 1. The molecule has 4 N–H and O–H groups in total. The monoisotopic (exact) mass is 212 g/mol. The Morgan fingerprint density at radius 3 is 2.67 bits per heavy atom. The summed E-state index contributed by atoms with van der Waals surface area (Å²) >= 11 is 0. The van der Waals surface area contributed by atoms with Gasteiger partial charge >= 0.3 is 5.97 Å². The molecule has 1 amide bonds. The number of anilines is 1. The molecule has 0 spiro atoms. The fourth-order valence-corrected chi connectivity index (χ4v) is 1.00. The fraction of sp³-hybridized carbons (Fsp3) is 0.111. The molecule has 80 valence electrons. The van der Waals surface area contributed by atoms with Gasteiger partial charge in [0, 0.05) is 0 Å². The Balaban J connectivity index is 3.06. The normalized spacial score (nSPS) is 9.73. The number of halogens is 1. The number of carbonyl (C=O) groups is 2. The molecule has 0 fully saturated rings. The van der Waals surface area contributed by atoms with Gasteiger partial charge in [0.25, 0.3) is 0 Å². The summed E-state index contributed by atoms with van der Waals surface area (Å²) in [4.78, 5) is 21.6. The van der Waals surface area contributed by atoms with Gasteiger partial charge in [-0.1, -0.05) is 0 Å². The molecule has 0 aromatic heterocycles. The molecule has 1 rings (SSSR count). The van der Waals surface area contributed by atoms with Crippen molar-refractivity contribution >= 4 is 17.6 Å². The highest BCUT2D eigenvalue weighted by molar-refractivity contribution is 6.00. The van der Waals surface area contributed by atoms with Crippen LogP contribution in [0.2, 0.25) is 0 Å². The Bertz CT molecular complexity index is 406. The summed E-state index contributed by atoms with van der Waals surface area (Å²) in [5.41, 5.74) is 4.76. The Hall–Kier alpha value is -1.95. The SMILES string of the molecule is NCC(=O)Nc1ccc(F)cc1C(=O)O. The van der Waals surface area contributed by atoms with Crippen LogP contribution in [0.5, 0.6) is 0 Å². The average Bonchev–Trinajstić information content (AvgIpc) is 2.20. The first-order chi connectivity index (χ1) is 7.04. The number of nitrogens with two attached hydrogens (primary N) is 1. The first kappa shape index (κ1) is 11.1. The molecule has 6 heteroatoms. The van der Waals surface area contributed by atoms with Crippen molar-refractivity contribution in [3.63, 3.8) is 0 Å². The maximum atomic E-state index is 12.7. The molecule has 0 aliphatic rings. The summed E-state index contributed by atoms with van der Waals surface area (Å²) in [7, 11) is 0. The predicted octanol–water partition coefficient (Wildman–Crippen LogP) is 0.421. The van der Waals surface area contributed by atoms with Gasteiger partial charge in [-0.15, -0.1) is 0 Å². The second-order valence-corrected chi connectivity index (χ2v) is 2.75. The minimum Gasteiger partial charge on any atom is -0.478 e.